The Morgan fingerprint density at radius 1 is 1.36 bits per heavy atom. The molecule has 2 atom stereocenters. The molecule has 0 aromatic heterocycles. The zero-order chi connectivity index (χ0) is 8.27. The van der Waals surface area contributed by atoms with E-state index in [0.717, 1.165) is 19.3 Å². The van der Waals surface area contributed by atoms with Crippen molar-refractivity contribution in [2.24, 2.45) is 11.8 Å². The Bertz CT molecular complexity index is 138. The molecule has 0 aromatic rings. The van der Waals surface area contributed by atoms with E-state index < -0.39 is 0 Å². The molecule has 0 saturated carbocycles. The molecule has 0 spiro atoms. The first-order valence-electron chi connectivity index (χ1n) is 4.55. The van der Waals surface area contributed by atoms with Gasteiger partial charge in [0.25, 0.3) is 0 Å². The van der Waals surface area contributed by atoms with Gasteiger partial charge in [0.2, 0.25) is 0 Å². The van der Waals surface area contributed by atoms with Crippen LogP contribution in [-0.2, 0) is 0 Å². The molecule has 0 saturated heterocycles. The number of allylic oxidation sites excluding steroid dienone is 2. The summed E-state index contributed by atoms with van der Waals surface area (Å²) in [6.07, 6.45) is 7.69. The molecule has 1 aliphatic rings. The number of rotatable bonds is 2. The van der Waals surface area contributed by atoms with Crippen molar-refractivity contribution in [3.05, 3.63) is 12.2 Å². The Kier molecular flexibility index (Phi) is 3.13. The van der Waals surface area contributed by atoms with Gasteiger partial charge in [0.05, 0.1) is 6.10 Å². The zero-order valence-electron chi connectivity index (χ0n) is 7.46. The van der Waals surface area contributed by atoms with Crippen molar-refractivity contribution in [3.63, 3.8) is 0 Å². The van der Waals surface area contributed by atoms with Crippen molar-refractivity contribution >= 4 is 0 Å². The third-order valence-electron chi connectivity index (χ3n) is 2.48. The SMILES string of the molecule is CC(C)C(O)[C@H]1CC=CCC1. The summed E-state index contributed by atoms with van der Waals surface area (Å²) in [7, 11) is 0. The lowest BCUT2D eigenvalue weighted by atomic mass is 9.84. The van der Waals surface area contributed by atoms with Gasteiger partial charge in [0.1, 0.15) is 0 Å². The summed E-state index contributed by atoms with van der Waals surface area (Å²) in [6.45, 7) is 4.17. The molecule has 0 amide bonds. The van der Waals surface area contributed by atoms with Crippen molar-refractivity contribution in [1.29, 1.82) is 0 Å². The van der Waals surface area contributed by atoms with E-state index in [1.54, 1.807) is 0 Å². The predicted molar refractivity (Wildman–Crippen MR) is 47.3 cm³/mol. The van der Waals surface area contributed by atoms with Crippen molar-refractivity contribution < 1.29 is 5.11 Å². The Balaban J connectivity index is 2.40. The van der Waals surface area contributed by atoms with Crippen LogP contribution in [0.3, 0.4) is 0 Å². The molecule has 0 heterocycles. The Hall–Kier alpha value is -0.300. The normalized spacial score (nSPS) is 27.5. The van der Waals surface area contributed by atoms with Gasteiger partial charge in [0.15, 0.2) is 0 Å². The summed E-state index contributed by atoms with van der Waals surface area (Å²) >= 11 is 0. The van der Waals surface area contributed by atoms with Gasteiger partial charge in [-0.2, -0.15) is 0 Å². The number of hydrogen-bond donors (Lipinski definition) is 1. The van der Waals surface area contributed by atoms with Crippen molar-refractivity contribution in [2.75, 3.05) is 0 Å². The molecule has 11 heavy (non-hydrogen) atoms. The molecule has 1 N–H and O–H groups in total. The highest BCUT2D eigenvalue weighted by Gasteiger charge is 2.21. The minimum Gasteiger partial charge on any atom is -0.393 e. The van der Waals surface area contributed by atoms with E-state index in [1.807, 2.05) is 0 Å². The monoisotopic (exact) mass is 154 g/mol. The minimum absolute atomic E-state index is 0.0973. The van der Waals surface area contributed by atoms with Gasteiger partial charge in [-0.25, -0.2) is 0 Å². The van der Waals surface area contributed by atoms with E-state index in [9.17, 15) is 5.11 Å². The minimum atomic E-state index is -0.0973. The lowest BCUT2D eigenvalue weighted by Gasteiger charge is -2.26. The Labute approximate surface area is 69.1 Å². The van der Waals surface area contributed by atoms with Crippen LogP contribution in [-0.4, -0.2) is 11.2 Å². The van der Waals surface area contributed by atoms with Gasteiger partial charge in [0, 0.05) is 0 Å². The van der Waals surface area contributed by atoms with Gasteiger partial charge in [-0.15, -0.1) is 0 Å². The number of aliphatic hydroxyl groups is 1. The van der Waals surface area contributed by atoms with Gasteiger partial charge in [-0.1, -0.05) is 26.0 Å². The topological polar surface area (TPSA) is 20.2 Å². The molecule has 0 radical (unpaired) electrons. The highest BCUT2D eigenvalue weighted by molar-refractivity contribution is 4.92. The fourth-order valence-corrected chi connectivity index (χ4v) is 1.67. The Morgan fingerprint density at radius 2 is 2.09 bits per heavy atom. The van der Waals surface area contributed by atoms with Crippen LogP contribution >= 0.6 is 0 Å². The van der Waals surface area contributed by atoms with Gasteiger partial charge in [-0.3, -0.25) is 0 Å². The van der Waals surface area contributed by atoms with Crippen LogP contribution in [0.1, 0.15) is 33.1 Å². The van der Waals surface area contributed by atoms with Crippen molar-refractivity contribution in [2.45, 2.75) is 39.2 Å². The van der Waals surface area contributed by atoms with Gasteiger partial charge < -0.3 is 5.11 Å². The van der Waals surface area contributed by atoms with Crippen molar-refractivity contribution in [3.8, 4) is 0 Å². The first kappa shape index (κ1) is 8.79. The third-order valence-corrected chi connectivity index (χ3v) is 2.48. The maximum absolute atomic E-state index is 9.72. The smallest absolute Gasteiger partial charge is 0.0594 e. The average Bonchev–Trinajstić information content (AvgIpc) is 2.05. The summed E-state index contributed by atoms with van der Waals surface area (Å²) in [4.78, 5) is 0. The average molecular weight is 154 g/mol. The molecule has 1 nitrogen and oxygen atoms in total. The third kappa shape index (κ3) is 2.33. The highest BCUT2D eigenvalue weighted by atomic mass is 16.3. The molecular formula is C10H18O. The molecule has 0 aromatic carbocycles. The van der Waals surface area contributed by atoms with Crippen LogP contribution in [0.25, 0.3) is 0 Å². The van der Waals surface area contributed by atoms with Gasteiger partial charge in [-0.05, 0) is 31.1 Å². The molecule has 0 aliphatic heterocycles. The summed E-state index contributed by atoms with van der Waals surface area (Å²) in [5.41, 5.74) is 0. The van der Waals surface area contributed by atoms with Crippen LogP contribution in [0, 0.1) is 11.8 Å². The maximum Gasteiger partial charge on any atom is 0.0594 e. The molecule has 0 bridgehead atoms. The van der Waals surface area contributed by atoms with Crippen LogP contribution in [0.15, 0.2) is 12.2 Å². The summed E-state index contributed by atoms with van der Waals surface area (Å²) in [5, 5.41) is 9.72. The molecule has 1 rings (SSSR count). The molecule has 1 aliphatic carbocycles. The van der Waals surface area contributed by atoms with E-state index in [2.05, 4.69) is 26.0 Å². The molecule has 1 heteroatoms. The van der Waals surface area contributed by atoms with E-state index in [4.69, 9.17) is 0 Å². The number of hydrogen-bond acceptors (Lipinski definition) is 1. The predicted octanol–water partition coefficient (Wildman–Crippen LogP) is 2.36. The quantitative estimate of drug-likeness (QED) is 0.605. The maximum atomic E-state index is 9.72. The van der Waals surface area contributed by atoms with E-state index in [-0.39, 0.29) is 6.10 Å². The second kappa shape index (κ2) is 3.91. The van der Waals surface area contributed by atoms with E-state index in [0.29, 0.717) is 11.8 Å². The Morgan fingerprint density at radius 3 is 2.55 bits per heavy atom. The van der Waals surface area contributed by atoms with Gasteiger partial charge >= 0.3 is 0 Å². The zero-order valence-corrected chi connectivity index (χ0v) is 7.46. The van der Waals surface area contributed by atoms with E-state index >= 15 is 0 Å². The molecule has 1 unspecified atom stereocenters. The molecule has 64 valence electrons. The van der Waals surface area contributed by atoms with Crippen LogP contribution in [0.5, 0.6) is 0 Å². The fraction of sp³-hybridized carbons (Fsp3) is 0.800. The summed E-state index contributed by atoms with van der Waals surface area (Å²) in [5.74, 6) is 0.923. The summed E-state index contributed by atoms with van der Waals surface area (Å²) in [6, 6.07) is 0. The molecular weight excluding hydrogens is 136 g/mol. The lowest BCUT2D eigenvalue weighted by molar-refractivity contribution is 0.0601. The second-order valence-electron chi connectivity index (χ2n) is 3.78. The lowest BCUT2D eigenvalue weighted by Crippen LogP contribution is -2.26. The first-order valence-corrected chi connectivity index (χ1v) is 4.55. The van der Waals surface area contributed by atoms with Crippen LogP contribution < -0.4 is 0 Å². The summed E-state index contributed by atoms with van der Waals surface area (Å²) < 4.78 is 0. The van der Waals surface area contributed by atoms with Crippen LogP contribution in [0.2, 0.25) is 0 Å². The van der Waals surface area contributed by atoms with Crippen LogP contribution in [0.4, 0.5) is 0 Å². The first-order chi connectivity index (χ1) is 5.22. The largest absolute Gasteiger partial charge is 0.393 e. The number of aliphatic hydroxyl groups excluding tert-OH is 1. The molecule has 0 fully saturated rings. The van der Waals surface area contributed by atoms with E-state index in [1.165, 1.54) is 0 Å². The van der Waals surface area contributed by atoms with Crippen molar-refractivity contribution in [1.82, 2.24) is 0 Å². The standard InChI is InChI=1S/C10H18O/c1-8(2)10(11)9-6-4-3-5-7-9/h3-4,8-11H,5-7H2,1-2H3/t9-,10?/m0/s1. The fourth-order valence-electron chi connectivity index (χ4n) is 1.67. The second-order valence-corrected chi connectivity index (χ2v) is 3.78. The highest BCUT2D eigenvalue weighted by Crippen LogP contribution is 2.25.